The molecule has 0 amide bonds. The Morgan fingerprint density at radius 3 is 2.82 bits per heavy atom. The summed E-state index contributed by atoms with van der Waals surface area (Å²) in [6.07, 6.45) is 1.83. The number of likely N-dealkylation sites (N-methyl/N-ethyl adjacent to an activating group) is 1. The van der Waals surface area contributed by atoms with Crippen molar-refractivity contribution >= 4 is 27.2 Å². The third kappa shape index (κ3) is 2.76. The summed E-state index contributed by atoms with van der Waals surface area (Å²) in [5.41, 5.74) is -0.712. The van der Waals surface area contributed by atoms with E-state index in [0.717, 1.165) is 12.4 Å². The first-order chi connectivity index (χ1) is 8.01. The molecule has 4 heteroatoms. The highest BCUT2D eigenvalue weighted by Gasteiger charge is 2.19. The molecule has 0 aliphatic heterocycles. The molecule has 92 valence electrons. The number of aromatic nitrogens is 1. The molecule has 0 radical (unpaired) electrons. The molecule has 2 rings (SSSR count). The highest BCUT2D eigenvalue weighted by atomic mass is 32.1. The topological polar surface area (TPSA) is 36.4 Å². The van der Waals surface area contributed by atoms with Gasteiger partial charge in [0.15, 0.2) is 0 Å². The summed E-state index contributed by atoms with van der Waals surface area (Å²) in [4.78, 5) is 6.58. The average molecular weight is 250 g/mol. The summed E-state index contributed by atoms with van der Waals surface area (Å²) >= 11 is 1.72. The summed E-state index contributed by atoms with van der Waals surface area (Å²) < 4.78 is 1.24. The van der Waals surface area contributed by atoms with Crippen molar-refractivity contribution in [1.82, 2.24) is 4.98 Å². The Hall–Kier alpha value is -1.13. The minimum atomic E-state index is -0.712. The third-order valence-electron chi connectivity index (χ3n) is 2.62. The summed E-state index contributed by atoms with van der Waals surface area (Å²) in [5, 5.41) is 13.2. The maximum atomic E-state index is 9.94. The fraction of sp³-hybridized carbons (Fsp3) is 0.462. The van der Waals surface area contributed by atoms with Gasteiger partial charge in [-0.05, 0) is 38.3 Å². The van der Waals surface area contributed by atoms with E-state index in [0.29, 0.717) is 6.54 Å². The van der Waals surface area contributed by atoms with Gasteiger partial charge in [-0.1, -0.05) is 0 Å². The minimum absolute atomic E-state index is 0.589. The van der Waals surface area contributed by atoms with Crippen molar-refractivity contribution < 1.29 is 5.11 Å². The maximum absolute atomic E-state index is 9.94. The van der Waals surface area contributed by atoms with Gasteiger partial charge in [0.2, 0.25) is 0 Å². The van der Waals surface area contributed by atoms with Crippen LogP contribution in [0.2, 0.25) is 0 Å². The molecule has 0 unspecified atom stereocenters. The van der Waals surface area contributed by atoms with Crippen molar-refractivity contribution in [3.8, 4) is 0 Å². The number of nitrogens with zero attached hydrogens (tertiary/aromatic N) is 2. The lowest BCUT2D eigenvalue weighted by Gasteiger charge is -2.29. The molecule has 2 aromatic rings. The molecule has 0 spiro atoms. The molecule has 0 fully saturated rings. The molecule has 17 heavy (non-hydrogen) atoms. The zero-order valence-electron chi connectivity index (χ0n) is 10.5. The second-order valence-electron chi connectivity index (χ2n) is 4.79. The van der Waals surface area contributed by atoms with E-state index >= 15 is 0 Å². The molecule has 0 bridgehead atoms. The van der Waals surface area contributed by atoms with Crippen LogP contribution in [0.25, 0.3) is 10.1 Å². The average Bonchev–Trinajstić information content (AvgIpc) is 2.72. The summed E-state index contributed by atoms with van der Waals surface area (Å²) in [7, 11) is 0. The highest BCUT2D eigenvalue weighted by molar-refractivity contribution is 7.17. The zero-order valence-corrected chi connectivity index (χ0v) is 11.3. The predicted molar refractivity (Wildman–Crippen MR) is 73.8 cm³/mol. The SMILES string of the molecule is CCN(CC(C)(C)O)c1nccc2sccc12. The maximum Gasteiger partial charge on any atom is 0.137 e. The molecule has 2 aromatic heterocycles. The molecule has 0 atom stereocenters. The van der Waals surface area contributed by atoms with Crippen molar-refractivity contribution in [3.05, 3.63) is 23.7 Å². The summed E-state index contributed by atoms with van der Waals surface area (Å²) in [5.74, 6) is 0.966. The van der Waals surface area contributed by atoms with Crippen LogP contribution in [-0.2, 0) is 0 Å². The number of aliphatic hydroxyl groups is 1. The smallest absolute Gasteiger partial charge is 0.137 e. The van der Waals surface area contributed by atoms with Gasteiger partial charge in [0.25, 0.3) is 0 Å². The predicted octanol–water partition coefficient (Wildman–Crippen LogP) is 2.89. The Morgan fingerprint density at radius 2 is 2.18 bits per heavy atom. The van der Waals surface area contributed by atoms with E-state index in [9.17, 15) is 5.11 Å². The molecule has 0 aliphatic carbocycles. The summed E-state index contributed by atoms with van der Waals surface area (Å²) in [6, 6.07) is 4.12. The van der Waals surface area contributed by atoms with E-state index in [1.165, 1.54) is 10.1 Å². The number of hydrogen-bond acceptors (Lipinski definition) is 4. The van der Waals surface area contributed by atoms with Gasteiger partial charge >= 0.3 is 0 Å². The normalized spacial score (nSPS) is 12.0. The monoisotopic (exact) mass is 250 g/mol. The van der Waals surface area contributed by atoms with Gasteiger partial charge in [0.05, 0.1) is 5.60 Å². The zero-order chi connectivity index (χ0) is 12.5. The van der Waals surface area contributed by atoms with Crippen molar-refractivity contribution in [2.45, 2.75) is 26.4 Å². The van der Waals surface area contributed by atoms with Crippen molar-refractivity contribution in [3.63, 3.8) is 0 Å². The van der Waals surface area contributed by atoms with Crippen molar-refractivity contribution in [1.29, 1.82) is 0 Å². The Balaban J connectivity index is 2.39. The molecule has 0 aliphatic rings. The van der Waals surface area contributed by atoms with Crippen LogP contribution in [0.15, 0.2) is 23.7 Å². The first kappa shape index (κ1) is 12.3. The molecular formula is C13H18N2OS. The largest absolute Gasteiger partial charge is 0.389 e. The van der Waals surface area contributed by atoms with Crippen LogP contribution in [0.4, 0.5) is 5.82 Å². The van der Waals surface area contributed by atoms with E-state index in [1.54, 1.807) is 11.3 Å². The molecule has 0 saturated heterocycles. The Bertz CT molecular complexity index is 501. The molecule has 3 nitrogen and oxygen atoms in total. The first-order valence-electron chi connectivity index (χ1n) is 5.81. The van der Waals surface area contributed by atoms with Gasteiger partial charge in [0, 0.05) is 29.4 Å². The van der Waals surface area contributed by atoms with Gasteiger partial charge < -0.3 is 10.0 Å². The Morgan fingerprint density at radius 1 is 1.41 bits per heavy atom. The van der Waals surface area contributed by atoms with Crippen molar-refractivity contribution in [2.75, 3.05) is 18.0 Å². The fourth-order valence-corrected chi connectivity index (χ4v) is 2.71. The number of pyridine rings is 1. The highest BCUT2D eigenvalue weighted by Crippen LogP contribution is 2.28. The lowest BCUT2D eigenvalue weighted by Crippen LogP contribution is -2.39. The number of hydrogen-bond donors (Lipinski definition) is 1. The molecular weight excluding hydrogens is 232 g/mol. The third-order valence-corrected chi connectivity index (χ3v) is 3.50. The quantitative estimate of drug-likeness (QED) is 0.906. The number of thiophene rings is 1. The number of anilines is 1. The second-order valence-corrected chi connectivity index (χ2v) is 5.74. The van der Waals surface area contributed by atoms with E-state index in [1.807, 2.05) is 26.1 Å². The van der Waals surface area contributed by atoms with Gasteiger partial charge in [-0.2, -0.15) is 0 Å². The van der Waals surface area contributed by atoms with E-state index in [4.69, 9.17) is 0 Å². The van der Waals surface area contributed by atoms with E-state index in [2.05, 4.69) is 28.3 Å². The molecule has 2 heterocycles. The van der Waals surface area contributed by atoms with Crippen LogP contribution in [0.5, 0.6) is 0 Å². The molecule has 0 saturated carbocycles. The number of fused-ring (bicyclic) bond motifs is 1. The van der Waals surface area contributed by atoms with E-state index in [-0.39, 0.29) is 0 Å². The Labute approximate surface area is 106 Å². The van der Waals surface area contributed by atoms with Gasteiger partial charge in [0.1, 0.15) is 5.82 Å². The van der Waals surface area contributed by atoms with Gasteiger partial charge in [-0.3, -0.25) is 0 Å². The summed E-state index contributed by atoms with van der Waals surface area (Å²) in [6.45, 7) is 7.16. The van der Waals surface area contributed by atoms with Crippen LogP contribution in [0, 0.1) is 0 Å². The molecule has 0 aromatic carbocycles. The fourth-order valence-electron chi connectivity index (χ4n) is 1.94. The Kier molecular flexibility index (Phi) is 3.35. The van der Waals surface area contributed by atoms with E-state index < -0.39 is 5.60 Å². The van der Waals surface area contributed by atoms with Crippen LogP contribution >= 0.6 is 11.3 Å². The molecule has 1 N–H and O–H groups in total. The lowest BCUT2D eigenvalue weighted by atomic mass is 10.1. The second kappa shape index (κ2) is 4.63. The standard InChI is InChI=1S/C13H18N2OS/c1-4-15(9-13(2,3)16)12-10-6-8-17-11(10)5-7-14-12/h5-8,16H,4,9H2,1-3H3. The van der Waals surface area contributed by atoms with Gasteiger partial charge in [-0.25, -0.2) is 4.98 Å². The van der Waals surface area contributed by atoms with Crippen LogP contribution < -0.4 is 4.90 Å². The first-order valence-corrected chi connectivity index (χ1v) is 6.69. The van der Waals surface area contributed by atoms with Crippen LogP contribution in [0.3, 0.4) is 0 Å². The van der Waals surface area contributed by atoms with Crippen LogP contribution in [0.1, 0.15) is 20.8 Å². The van der Waals surface area contributed by atoms with Crippen LogP contribution in [-0.4, -0.2) is 28.8 Å². The minimum Gasteiger partial charge on any atom is -0.389 e. The number of rotatable bonds is 4. The lowest BCUT2D eigenvalue weighted by molar-refractivity contribution is 0.0875. The van der Waals surface area contributed by atoms with Gasteiger partial charge in [-0.15, -0.1) is 11.3 Å². The van der Waals surface area contributed by atoms with Crippen molar-refractivity contribution in [2.24, 2.45) is 0 Å².